The second kappa shape index (κ2) is 10.4. The zero-order valence-corrected chi connectivity index (χ0v) is 22.8. The van der Waals surface area contributed by atoms with E-state index in [0.29, 0.717) is 11.6 Å². The molecule has 0 amide bonds. The maximum atomic E-state index is 12.3. The third kappa shape index (κ3) is 5.36. The highest BCUT2D eigenvalue weighted by Crippen LogP contribution is 2.37. The molecule has 0 bridgehead atoms. The van der Waals surface area contributed by atoms with Gasteiger partial charge in [-0.1, -0.05) is 35.9 Å². The highest BCUT2D eigenvalue weighted by molar-refractivity contribution is 7.90. The molecule has 1 aliphatic rings. The van der Waals surface area contributed by atoms with E-state index in [0.717, 1.165) is 51.8 Å². The number of benzene rings is 2. The summed E-state index contributed by atoms with van der Waals surface area (Å²) in [4.78, 5) is 16.5. The Labute approximate surface area is 225 Å². The number of hydrogen-bond acceptors (Lipinski definition) is 7. The number of nitrogens with zero attached hydrogens (tertiary/aromatic N) is 3. The molecule has 0 saturated carbocycles. The number of sulfone groups is 1. The van der Waals surface area contributed by atoms with Crippen molar-refractivity contribution in [2.24, 2.45) is 0 Å². The summed E-state index contributed by atoms with van der Waals surface area (Å²) in [5.41, 5.74) is 3.28. The van der Waals surface area contributed by atoms with Crippen molar-refractivity contribution < 1.29 is 17.9 Å². The highest BCUT2D eigenvalue weighted by atomic mass is 35.5. The van der Waals surface area contributed by atoms with Crippen LogP contribution in [-0.2, 0) is 25.9 Å². The van der Waals surface area contributed by atoms with Crippen LogP contribution in [0.25, 0.3) is 26.7 Å². The van der Waals surface area contributed by atoms with Crippen molar-refractivity contribution in [2.45, 2.75) is 30.3 Å². The molecule has 0 N–H and O–H groups in total. The van der Waals surface area contributed by atoms with Crippen LogP contribution < -0.4 is 0 Å². The van der Waals surface area contributed by atoms with Gasteiger partial charge < -0.3 is 4.74 Å². The molecule has 1 fully saturated rings. The first-order valence-electron chi connectivity index (χ1n) is 11.8. The van der Waals surface area contributed by atoms with Crippen LogP contribution in [0.4, 0.5) is 0 Å². The van der Waals surface area contributed by atoms with Gasteiger partial charge in [0.05, 0.1) is 39.0 Å². The Balaban J connectivity index is 1.54. The summed E-state index contributed by atoms with van der Waals surface area (Å²) in [7, 11) is -1.89. The first kappa shape index (κ1) is 25.7. The Hall–Kier alpha value is -2.98. The monoisotopic (exact) mass is 555 g/mol. The number of likely N-dealkylation sites (tertiary alicyclic amines) is 1. The van der Waals surface area contributed by atoms with E-state index in [4.69, 9.17) is 21.4 Å². The van der Waals surface area contributed by atoms with Crippen LogP contribution in [0.15, 0.2) is 71.6 Å². The lowest BCUT2D eigenvalue weighted by molar-refractivity contribution is -0.146. The molecule has 1 atom stereocenters. The van der Waals surface area contributed by atoms with Crippen LogP contribution in [0.2, 0.25) is 5.02 Å². The second-order valence-electron chi connectivity index (χ2n) is 9.00. The molecule has 2 aromatic heterocycles. The van der Waals surface area contributed by atoms with E-state index in [-0.39, 0.29) is 16.9 Å². The number of methoxy groups -OCH3 is 1. The van der Waals surface area contributed by atoms with Gasteiger partial charge in [-0.3, -0.25) is 9.69 Å². The summed E-state index contributed by atoms with van der Waals surface area (Å²) in [6.07, 6.45) is 2.91. The molecule has 0 spiro atoms. The molecule has 5 rings (SSSR count). The van der Waals surface area contributed by atoms with Gasteiger partial charge in [-0.25, -0.2) is 13.1 Å². The number of thiophene rings is 1. The topological polar surface area (TPSA) is 81.5 Å². The summed E-state index contributed by atoms with van der Waals surface area (Å²) in [6.45, 7) is 1.31. The fourth-order valence-electron chi connectivity index (χ4n) is 4.63. The van der Waals surface area contributed by atoms with Crippen LogP contribution in [0.3, 0.4) is 0 Å². The molecule has 192 valence electrons. The molecule has 0 radical (unpaired) electrons. The number of ether oxygens (including phenoxy) is 1. The first-order valence-corrected chi connectivity index (χ1v) is 14.9. The number of halogens is 1. The van der Waals surface area contributed by atoms with Gasteiger partial charge in [-0.2, -0.15) is 5.10 Å². The number of rotatable bonds is 7. The fraction of sp³-hybridized carbons (Fsp3) is 0.259. The molecule has 10 heteroatoms. The van der Waals surface area contributed by atoms with Gasteiger partial charge in [0.25, 0.3) is 0 Å². The number of hydrogen-bond donors (Lipinski definition) is 0. The molecular formula is C27H26ClN3O4S2. The lowest BCUT2D eigenvalue weighted by Crippen LogP contribution is -2.36. The zero-order chi connectivity index (χ0) is 26.2. The molecule has 2 aromatic carbocycles. The normalized spacial score (nSPS) is 16.2. The largest absolute Gasteiger partial charge is 0.468 e. The number of carbonyl (C=O) groups is 1. The van der Waals surface area contributed by atoms with Crippen molar-refractivity contribution in [3.63, 3.8) is 0 Å². The van der Waals surface area contributed by atoms with Crippen molar-refractivity contribution in [2.75, 3.05) is 19.9 Å². The Morgan fingerprint density at radius 2 is 1.89 bits per heavy atom. The van der Waals surface area contributed by atoms with Gasteiger partial charge in [-0.05, 0) is 67.4 Å². The molecular weight excluding hydrogens is 530 g/mol. The number of carbonyl (C=O) groups excluding carboxylic acids is 1. The van der Waals surface area contributed by atoms with Gasteiger partial charge in [0.2, 0.25) is 0 Å². The van der Waals surface area contributed by atoms with Crippen molar-refractivity contribution in [3.8, 4) is 26.7 Å². The van der Waals surface area contributed by atoms with Crippen molar-refractivity contribution in [1.82, 2.24) is 14.7 Å². The maximum Gasteiger partial charge on any atom is 0.323 e. The molecule has 37 heavy (non-hydrogen) atoms. The minimum absolute atomic E-state index is 0.220. The van der Waals surface area contributed by atoms with Crippen LogP contribution >= 0.6 is 22.9 Å². The van der Waals surface area contributed by atoms with Crippen molar-refractivity contribution >= 4 is 38.7 Å². The summed E-state index contributed by atoms with van der Waals surface area (Å²) >= 11 is 8.11. The van der Waals surface area contributed by atoms with E-state index in [2.05, 4.69) is 4.90 Å². The predicted octanol–water partition coefficient (Wildman–Crippen LogP) is 5.46. The van der Waals surface area contributed by atoms with Crippen molar-refractivity contribution in [1.29, 1.82) is 0 Å². The lowest BCUT2D eigenvalue weighted by Gasteiger charge is -2.21. The van der Waals surface area contributed by atoms with Crippen LogP contribution in [-0.4, -0.2) is 55.0 Å². The highest BCUT2D eigenvalue weighted by Gasteiger charge is 2.32. The molecule has 7 nitrogen and oxygen atoms in total. The third-order valence-electron chi connectivity index (χ3n) is 6.45. The molecule has 1 saturated heterocycles. The summed E-state index contributed by atoms with van der Waals surface area (Å²) in [5.74, 6) is -0.220. The van der Waals surface area contributed by atoms with Gasteiger partial charge >= 0.3 is 5.97 Å². The van der Waals surface area contributed by atoms with Gasteiger partial charge in [-0.15, -0.1) is 11.3 Å². The van der Waals surface area contributed by atoms with Gasteiger partial charge in [0.15, 0.2) is 9.84 Å². The smallest absolute Gasteiger partial charge is 0.323 e. The number of para-hydroxylation sites is 1. The minimum Gasteiger partial charge on any atom is -0.468 e. The quantitative estimate of drug-likeness (QED) is 0.282. The average molecular weight is 556 g/mol. The summed E-state index contributed by atoms with van der Waals surface area (Å²) < 4.78 is 30.9. The van der Waals surface area contributed by atoms with Crippen molar-refractivity contribution in [3.05, 3.63) is 77.4 Å². The zero-order valence-electron chi connectivity index (χ0n) is 20.4. The average Bonchev–Trinajstić information content (AvgIpc) is 3.63. The fourth-order valence-corrected chi connectivity index (χ4v) is 6.51. The Bertz CT molecular complexity index is 1560. The molecule has 1 aliphatic heterocycles. The minimum atomic E-state index is -3.31. The molecule has 0 unspecified atom stereocenters. The number of esters is 1. The van der Waals surface area contributed by atoms with E-state index in [1.54, 1.807) is 29.5 Å². The van der Waals surface area contributed by atoms with Crippen LogP contribution in [0, 0.1) is 0 Å². The van der Waals surface area contributed by atoms with Crippen LogP contribution in [0.1, 0.15) is 18.5 Å². The summed E-state index contributed by atoms with van der Waals surface area (Å²) in [5, 5.41) is 5.47. The second-order valence-corrected chi connectivity index (χ2v) is 12.5. The predicted molar refractivity (Wildman–Crippen MR) is 146 cm³/mol. The molecule has 3 heterocycles. The van der Waals surface area contributed by atoms with E-state index >= 15 is 0 Å². The van der Waals surface area contributed by atoms with Gasteiger partial charge in [0.1, 0.15) is 6.04 Å². The van der Waals surface area contributed by atoms with Crippen LogP contribution in [0.5, 0.6) is 0 Å². The number of aromatic nitrogens is 2. The maximum absolute atomic E-state index is 12.3. The summed E-state index contributed by atoms with van der Waals surface area (Å²) in [6, 6.07) is 20.2. The SMILES string of the molecule is COC(=O)[C@@H]1CCCN1Cc1cc(-c2ccc(-c3cccc(S(C)(=O)=O)c3)s2)n(-c2ccccc2Cl)n1. The van der Waals surface area contributed by atoms with E-state index in [1.165, 1.54) is 13.4 Å². The Morgan fingerprint density at radius 1 is 1.11 bits per heavy atom. The molecule has 0 aliphatic carbocycles. The van der Waals surface area contributed by atoms with E-state index in [9.17, 15) is 13.2 Å². The van der Waals surface area contributed by atoms with E-state index < -0.39 is 9.84 Å². The Kier molecular flexibility index (Phi) is 7.22. The Morgan fingerprint density at radius 3 is 2.65 bits per heavy atom. The van der Waals surface area contributed by atoms with Gasteiger partial charge in [0, 0.05) is 17.7 Å². The first-order chi connectivity index (χ1) is 17.7. The molecule has 4 aromatic rings. The van der Waals surface area contributed by atoms with E-state index in [1.807, 2.05) is 53.2 Å². The standard InChI is InChI=1S/C27H26ClN3O4S2/c1-35-27(32)23-11-6-14-30(23)17-19-16-24(31(29-19)22-10-4-3-9-21(22)28)26-13-12-25(36-26)18-7-5-8-20(15-18)37(2,33)34/h3-5,7-10,12-13,15-16,23H,6,11,14,17H2,1-2H3/t23-/m0/s1. The lowest BCUT2D eigenvalue weighted by atomic mass is 10.2. The third-order valence-corrected chi connectivity index (χ3v) is 9.03.